The van der Waals surface area contributed by atoms with Gasteiger partial charge in [0.1, 0.15) is 11.5 Å². The van der Waals surface area contributed by atoms with E-state index in [1.165, 1.54) is 11.8 Å². The molecule has 0 atom stereocenters. The molecule has 2 heterocycles. The highest BCUT2D eigenvalue weighted by Crippen LogP contribution is 2.34. The quantitative estimate of drug-likeness (QED) is 0.190. The molecule has 0 N–H and O–H groups in total. The van der Waals surface area contributed by atoms with E-state index >= 15 is 0 Å². The standard InChI is InChI=1S/C28H29N3O5S/c1-19(2)18-36-24-12-9-21(14-25(24)34-4)16-29-30-28-31(17-23-6-5-13-35-23)27(32)26(37-28)15-20-7-10-22(33-3)11-8-20/h5-16,19H,17-18H2,1-4H3/b26-15-,29-16+,30-28-. The van der Waals surface area contributed by atoms with Crippen LogP contribution in [0.1, 0.15) is 30.7 Å². The van der Waals surface area contributed by atoms with Crippen molar-refractivity contribution in [3.05, 3.63) is 82.7 Å². The van der Waals surface area contributed by atoms with Crippen LogP contribution in [0, 0.1) is 5.92 Å². The first-order valence-corrected chi connectivity index (χ1v) is 12.6. The summed E-state index contributed by atoms with van der Waals surface area (Å²) in [6, 6.07) is 16.7. The van der Waals surface area contributed by atoms with Gasteiger partial charge in [0.15, 0.2) is 16.7 Å². The molecule has 1 aromatic heterocycles. The molecule has 1 saturated heterocycles. The molecule has 0 spiro atoms. The number of carbonyl (C=O) groups is 1. The highest BCUT2D eigenvalue weighted by molar-refractivity contribution is 8.18. The third-order valence-electron chi connectivity index (χ3n) is 5.31. The summed E-state index contributed by atoms with van der Waals surface area (Å²) in [6.07, 6.45) is 5.02. The Balaban J connectivity index is 1.56. The van der Waals surface area contributed by atoms with Gasteiger partial charge in [0.05, 0.1) is 44.8 Å². The highest BCUT2D eigenvalue weighted by Gasteiger charge is 2.34. The molecule has 192 valence electrons. The number of hydrogen-bond donors (Lipinski definition) is 0. The van der Waals surface area contributed by atoms with Crippen LogP contribution in [0.2, 0.25) is 0 Å². The largest absolute Gasteiger partial charge is 0.497 e. The monoisotopic (exact) mass is 519 g/mol. The second kappa shape index (κ2) is 12.3. The molecule has 0 unspecified atom stereocenters. The smallest absolute Gasteiger partial charge is 0.267 e. The lowest BCUT2D eigenvalue weighted by Gasteiger charge is -2.13. The summed E-state index contributed by atoms with van der Waals surface area (Å²) in [7, 11) is 3.22. The van der Waals surface area contributed by atoms with Gasteiger partial charge < -0.3 is 18.6 Å². The first-order chi connectivity index (χ1) is 18.0. The number of furan rings is 1. The number of nitrogens with zero attached hydrogens (tertiary/aromatic N) is 3. The molecule has 1 fully saturated rings. The van der Waals surface area contributed by atoms with Gasteiger partial charge >= 0.3 is 0 Å². The fraction of sp³-hybridized carbons (Fsp3) is 0.250. The zero-order valence-corrected chi connectivity index (χ0v) is 22.0. The lowest BCUT2D eigenvalue weighted by Crippen LogP contribution is -2.28. The number of hydrogen-bond acceptors (Lipinski definition) is 8. The van der Waals surface area contributed by atoms with E-state index in [-0.39, 0.29) is 12.5 Å². The molecular formula is C28H29N3O5S. The van der Waals surface area contributed by atoms with Crippen LogP contribution >= 0.6 is 11.8 Å². The van der Waals surface area contributed by atoms with Gasteiger partial charge in [-0.05, 0) is 77.3 Å². The van der Waals surface area contributed by atoms with E-state index in [0.29, 0.717) is 39.9 Å². The van der Waals surface area contributed by atoms with Crippen molar-refractivity contribution >= 4 is 35.1 Å². The van der Waals surface area contributed by atoms with Crippen molar-refractivity contribution in [2.75, 3.05) is 20.8 Å². The predicted molar refractivity (Wildman–Crippen MR) is 146 cm³/mol. The lowest BCUT2D eigenvalue weighted by molar-refractivity contribution is -0.122. The number of methoxy groups -OCH3 is 2. The Kier molecular flexibility index (Phi) is 8.68. The maximum Gasteiger partial charge on any atom is 0.267 e. The SMILES string of the molecule is COc1ccc(/C=C2\S/C(=N\N=C\c3ccc(OCC(C)C)c(OC)c3)N(Cc3ccco3)C2=O)cc1. The van der Waals surface area contributed by atoms with E-state index in [1.54, 1.807) is 37.7 Å². The van der Waals surface area contributed by atoms with Gasteiger partial charge in [0.25, 0.3) is 5.91 Å². The Bertz CT molecular complexity index is 1300. The van der Waals surface area contributed by atoms with E-state index < -0.39 is 0 Å². The number of ether oxygens (including phenoxy) is 3. The summed E-state index contributed by atoms with van der Waals surface area (Å²) in [5, 5.41) is 9.09. The van der Waals surface area contributed by atoms with Gasteiger partial charge in [-0.3, -0.25) is 9.69 Å². The Hall–Kier alpha value is -3.98. The maximum absolute atomic E-state index is 13.2. The predicted octanol–water partition coefficient (Wildman–Crippen LogP) is 5.84. The van der Waals surface area contributed by atoms with Crippen LogP contribution in [0.5, 0.6) is 17.2 Å². The van der Waals surface area contributed by atoms with Crippen molar-refractivity contribution in [2.45, 2.75) is 20.4 Å². The van der Waals surface area contributed by atoms with Crippen molar-refractivity contribution in [1.82, 2.24) is 4.90 Å². The lowest BCUT2D eigenvalue weighted by atomic mass is 10.2. The molecule has 3 aromatic rings. The topological polar surface area (TPSA) is 85.9 Å². The van der Waals surface area contributed by atoms with Gasteiger partial charge in [0.2, 0.25) is 0 Å². The number of rotatable bonds is 10. The van der Waals surface area contributed by atoms with Crippen LogP contribution in [-0.4, -0.2) is 43.0 Å². The van der Waals surface area contributed by atoms with Crippen LogP contribution < -0.4 is 14.2 Å². The Morgan fingerprint density at radius 3 is 2.49 bits per heavy atom. The normalized spacial score (nSPS) is 15.9. The first kappa shape index (κ1) is 26.1. The molecule has 1 aliphatic rings. The molecule has 37 heavy (non-hydrogen) atoms. The number of thioether (sulfide) groups is 1. The first-order valence-electron chi connectivity index (χ1n) is 11.8. The molecule has 1 amide bonds. The minimum Gasteiger partial charge on any atom is -0.497 e. The number of amidine groups is 1. The van der Waals surface area contributed by atoms with Crippen molar-refractivity contribution in [2.24, 2.45) is 16.1 Å². The van der Waals surface area contributed by atoms with Crippen LogP contribution in [0.3, 0.4) is 0 Å². The van der Waals surface area contributed by atoms with Crippen LogP contribution in [0.25, 0.3) is 6.08 Å². The van der Waals surface area contributed by atoms with Gasteiger partial charge in [-0.25, -0.2) is 0 Å². The van der Waals surface area contributed by atoms with Crippen molar-refractivity contribution in [3.63, 3.8) is 0 Å². The van der Waals surface area contributed by atoms with Crippen LogP contribution in [0.4, 0.5) is 0 Å². The summed E-state index contributed by atoms with van der Waals surface area (Å²) in [6.45, 7) is 5.03. The van der Waals surface area contributed by atoms with Crippen molar-refractivity contribution in [1.29, 1.82) is 0 Å². The number of carbonyl (C=O) groups excluding carboxylic acids is 1. The zero-order chi connectivity index (χ0) is 26.2. The molecule has 0 bridgehead atoms. The highest BCUT2D eigenvalue weighted by atomic mass is 32.2. The average Bonchev–Trinajstić information content (AvgIpc) is 3.52. The van der Waals surface area contributed by atoms with E-state index in [1.807, 2.05) is 54.6 Å². The summed E-state index contributed by atoms with van der Waals surface area (Å²) in [5.41, 5.74) is 1.67. The Labute approximate surface area is 220 Å². The molecule has 9 heteroatoms. The van der Waals surface area contributed by atoms with Crippen LogP contribution in [0.15, 0.2) is 80.4 Å². The van der Waals surface area contributed by atoms with Crippen molar-refractivity contribution in [3.8, 4) is 17.2 Å². The third kappa shape index (κ3) is 6.83. The number of amides is 1. The average molecular weight is 520 g/mol. The Morgan fingerprint density at radius 2 is 1.81 bits per heavy atom. The second-order valence-electron chi connectivity index (χ2n) is 8.60. The van der Waals surface area contributed by atoms with E-state index in [0.717, 1.165) is 16.9 Å². The Morgan fingerprint density at radius 1 is 1.03 bits per heavy atom. The van der Waals surface area contributed by atoms with E-state index in [9.17, 15) is 4.79 Å². The summed E-state index contributed by atoms with van der Waals surface area (Å²) >= 11 is 1.26. The summed E-state index contributed by atoms with van der Waals surface area (Å²) < 4.78 is 22.0. The maximum atomic E-state index is 13.2. The molecular weight excluding hydrogens is 490 g/mol. The number of benzene rings is 2. The van der Waals surface area contributed by atoms with Crippen molar-refractivity contribution < 1.29 is 23.4 Å². The van der Waals surface area contributed by atoms with Gasteiger partial charge in [-0.1, -0.05) is 26.0 Å². The summed E-state index contributed by atoms with van der Waals surface area (Å²) in [4.78, 5) is 15.3. The van der Waals surface area contributed by atoms with E-state index in [4.69, 9.17) is 18.6 Å². The molecule has 1 aliphatic heterocycles. The molecule has 8 nitrogen and oxygen atoms in total. The molecule has 0 aliphatic carbocycles. The molecule has 2 aromatic carbocycles. The van der Waals surface area contributed by atoms with Crippen LogP contribution in [-0.2, 0) is 11.3 Å². The third-order valence-corrected chi connectivity index (χ3v) is 6.30. The fourth-order valence-corrected chi connectivity index (χ4v) is 4.35. The zero-order valence-electron chi connectivity index (χ0n) is 21.2. The minimum atomic E-state index is -0.167. The van der Waals surface area contributed by atoms with Gasteiger partial charge in [-0.15, -0.1) is 5.10 Å². The van der Waals surface area contributed by atoms with E-state index in [2.05, 4.69) is 24.1 Å². The van der Waals surface area contributed by atoms with Gasteiger partial charge in [-0.2, -0.15) is 5.10 Å². The summed E-state index contributed by atoms with van der Waals surface area (Å²) in [5.74, 6) is 2.93. The molecule has 0 radical (unpaired) electrons. The fourth-order valence-electron chi connectivity index (χ4n) is 3.42. The van der Waals surface area contributed by atoms with Gasteiger partial charge in [0, 0.05) is 0 Å². The minimum absolute atomic E-state index is 0.167. The molecule has 4 rings (SSSR count). The molecule has 0 saturated carbocycles. The second-order valence-corrected chi connectivity index (χ2v) is 9.61.